The molecule has 8 heteroatoms. The topological polar surface area (TPSA) is 76.4 Å². The monoisotopic (exact) mass is 382 g/mol. The van der Waals surface area contributed by atoms with E-state index in [0.29, 0.717) is 13.2 Å². The van der Waals surface area contributed by atoms with Crippen LogP contribution in [0.15, 0.2) is 16.9 Å². The van der Waals surface area contributed by atoms with Gasteiger partial charge < -0.3 is 9.64 Å². The maximum absolute atomic E-state index is 12.3. The summed E-state index contributed by atoms with van der Waals surface area (Å²) in [7, 11) is 0. The zero-order valence-corrected chi connectivity index (χ0v) is 16.1. The van der Waals surface area contributed by atoms with Gasteiger partial charge >= 0.3 is 0 Å². The van der Waals surface area contributed by atoms with Crippen molar-refractivity contribution >= 4 is 5.82 Å². The van der Waals surface area contributed by atoms with Gasteiger partial charge in [0, 0.05) is 50.8 Å². The number of ether oxygens (including phenoxy) is 1. The van der Waals surface area contributed by atoms with Gasteiger partial charge in [0.2, 0.25) is 0 Å². The molecule has 1 aliphatic carbocycles. The molecule has 4 heterocycles. The van der Waals surface area contributed by atoms with E-state index in [4.69, 9.17) is 4.74 Å². The first-order chi connectivity index (χ1) is 13.8. The Morgan fingerprint density at radius 1 is 0.929 bits per heavy atom. The zero-order chi connectivity index (χ0) is 18.9. The molecule has 148 valence electrons. The van der Waals surface area contributed by atoms with E-state index in [1.807, 2.05) is 0 Å². The minimum absolute atomic E-state index is 0.0332. The predicted octanol–water partition coefficient (Wildman–Crippen LogP) is 0.417. The van der Waals surface area contributed by atoms with E-state index in [1.54, 1.807) is 10.7 Å². The molecule has 8 nitrogen and oxygen atoms in total. The molecule has 3 aliphatic rings. The fourth-order valence-electron chi connectivity index (χ4n) is 4.32. The molecule has 0 radical (unpaired) electrons. The second kappa shape index (κ2) is 7.60. The minimum Gasteiger partial charge on any atom is -0.376 e. The lowest BCUT2D eigenvalue weighted by Crippen LogP contribution is -2.48. The van der Waals surface area contributed by atoms with Crippen molar-refractivity contribution in [1.82, 2.24) is 24.9 Å². The molecular weight excluding hydrogens is 356 g/mol. The second-order valence-electron chi connectivity index (χ2n) is 7.84. The van der Waals surface area contributed by atoms with Crippen LogP contribution in [-0.4, -0.2) is 64.2 Å². The average Bonchev–Trinajstić information content (AvgIpc) is 3.19. The lowest BCUT2D eigenvalue weighted by atomic mass is 10.1. The Hall–Kier alpha value is -2.32. The molecule has 0 saturated carbocycles. The van der Waals surface area contributed by atoms with Gasteiger partial charge in [-0.2, -0.15) is 10.2 Å². The zero-order valence-electron chi connectivity index (χ0n) is 16.1. The summed E-state index contributed by atoms with van der Waals surface area (Å²) in [5.41, 5.74) is 4.53. The summed E-state index contributed by atoms with van der Waals surface area (Å²) in [6.45, 7) is 6.62. The minimum atomic E-state index is 0.0332. The predicted molar refractivity (Wildman–Crippen MR) is 105 cm³/mol. The van der Waals surface area contributed by atoms with Crippen molar-refractivity contribution < 1.29 is 4.74 Å². The summed E-state index contributed by atoms with van der Waals surface area (Å²) < 4.78 is 7.18. The Bertz CT molecular complexity index is 919. The van der Waals surface area contributed by atoms with E-state index in [1.165, 1.54) is 5.56 Å². The van der Waals surface area contributed by atoms with Gasteiger partial charge in [-0.3, -0.25) is 9.69 Å². The molecule has 0 atom stereocenters. The van der Waals surface area contributed by atoms with Crippen LogP contribution in [0.25, 0.3) is 0 Å². The summed E-state index contributed by atoms with van der Waals surface area (Å²) in [5.74, 6) is 0.945. The van der Waals surface area contributed by atoms with E-state index in [-0.39, 0.29) is 5.56 Å². The molecule has 2 aliphatic heterocycles. The van der Waals surface area contributed by atoms with Gasteiger partial charge in [-0.05, 0) is 30.9 Å². The van der Waals surface area contributed by atoms with Gasteiger partial charge in [-0.15, -0.1) is 5.10 Å². The summed E-state index contributed by atoms with van der Waals surface area (Å²) >= 11 is 0. The molecule has 0 amide bonds. The van der Waals surface area contributed by atoms with Crippen LogP contribution in [0, 0.1) is 0 Å². The maximum atomic E-state index is 12.3. The average molecular weight is 382 g/mol. The van der Waals surface area contributed by atoms with Gasteiger partial charge in [0.05, 0.1) is 31.1 Å². The van der Waals surface area contributed by atoms with Crippen LogP contribution < -0.4 is 10.5 Å². The van der Waals surface area contributed by atoms with Crippen molar-refractivity contribution in [2.75, 3.05) is 44.2 Å². The summed E-state index contributed by atoms with van der Waals surface area (Å²) in [4.78, 5) is 16.9. The smallest absolute Gasteiger partial charge is 0.267 e. The van der Waals surface area contributed by atoms with E-state index in [0.717, 1.165) is 87.8 Å². The molecule has 28 heavy (non-hydrogen) atoms. The van der Waals surface area contributed by atoms with Crippen molar-refractivity contribution in [3.63, 3.8) is 0 Å². The van der Waals surface area contributed by atoms with Gasteiger partial charge in [-0.1, -0.05) is 0 Å². The van der Waals surface area contributed by atoms with Crippen LogP contribution >= 0.6 is 0 Å². The highest BCUT2D eigenvalue weighted by molar-refractivity contribution is 5.42. The van der Waals surface area contributed by atoms with Crippen molar-refractivity contribution in [3.8, 4) is 0 Å². The van der Waals surface area contributed by atoms with E-state index < -0.39 is 0 Å². The molecule has 0 aromatic carbocycles. The standard InChI is InChI=1S/C20H26N6O2/c27-20-13-15-2-1-3-18(15)23-26(20)10-7-24-5-8-25(9-6-24)19-12-16-14-28-11-4-17(16)21-22-19/h12-13H,1-11,14H2. The number of rotatable bonds is 4. The van der Waals surface area contributed by atoms with E-state index in [9.17, 15) is 4.79 Å². The van der Waals surface area contributed by atoms with Gasteiger partial charge in [0.1, 0.15) is 0 Å². The van der Waals surface area contributed by atoms with Gasteiger partial charge in [0.15, 0.2) is 5.82 Å². The van der Waals surface area contributed by atoms with Crippen LogP contribution in [0.1, 0.15) is 28.9 Å². The summed E-state index contributed by atoms with van der Waals surface area (Å²) in [5, 5.41) is 13.4. The number of piperazine rings is 1. The molecule has 2 aromatic heterocycles. The highest BCUT2D eigenvalue weighted by Crippen LogP contribution is 2.20. The van der Waals surface area contributed by atoms with Crippen LogP contribution in [0.2, 0.25) is 0 Å². The molecule has 0 spiro atoms. The Balaban J connectivity index is 1.17. The number of hydrogen-bond acceptors (Lipinski definition) is 7. The number of nitrogens with zero attached hydrogens (tertiary/aromatic N) is 6. The molecule has 0 unspecified atom stereocenters. The fourth-order valence-corrected chi connectivity index (χ4v) is 4.32. The number of anilines is 1. The molecule has 0 bridgehead atoms. The molecule has 2 aromatic rings. The third-order valence-electron chi connectivity index (χ3n) is 6.04. The summed E-state index contributed by atoms with van der Waals surface area (Å²) in [6, 6.07) is 3.91. The lowest BCUT2D eigenvalue weighted by Gasteiger charge is -2.35. The number of aryl methyl sites for hydroxylation is 2. The van der Waals surface area contributed by atoms with Crippen LogP contribution in [0.5, 0.6) is 0 Å². The van der Waals surface area contributed by atoms with Crippen LogP contribution in [0.3, 0.4) is 0 Å². The quantitative estimate of drug-likeness (QED) is 0.758. The van der Waals surface area contributed by atoms with Gasteiger partial charge in [-0.25, -0.2) is 4.68 Å². The number of hydrogen-bond donors (Lipinski definition) is 0. The van der Waals surface area contributed by atoms with Gasteiger partial charge in [0.25, 0.3) is 5.56 Å². The Morgan fingerprint density at radius 3 is 2.71 bits per heavy atom. The Morgan fingerprint density at radius 2 is 1.82 bits per heavy atom. The molecule has 1 fully saturated rings. The molecule has 0 N–H and O–H groups in total. The molecule has 1 saturated heterocycles. The van der Waals surface area contributed by atoms with Crippen molar-refractivity contribution in [1.29, 1.82) is 0 Å². The highest BCUT2D eigenvalue weighted by Gasteiger charge is 2.21. The van der Waals surface area contributed by atoms with Crippen LogP contribution in [0.4, 0.5) is 5.82 Å². The normalized spacial score (nSPS) is 19.5. The SMILES string of the molecule is O=c1cc2c(nn1CCN1CCN(c3cc4c(nn3)CCOC4)CC1)CCC2. The first-order valence-corrected chi connectivity index (χ1v) is 10.3. The number of aromatic nitrogens is 4. The van der Waals surface area contributed by atoms with Crippen molar-refractivity contribution in [3.05, 3.63) is 45.0 Å². The number of fused-ring (bicyclic) bond motifs is 2. The Kier molecular flexibility index (Phi) is 4.82. The first kappa shape index (κ1) is 17.8. The van der Waals surface area contributed by atoms with E-state index >= 15 is 0 Å². The largest absolute Gasteiger partial charge is 0.376 e. The Labute approximate surface area is 164 Å². The van der Waals surface area contributed by atoms with Crippen molar-refractivity contribution in [2.24, 2.45) is 0 Å². The van der Waals surface area contributed by atoms with Crippen LogP contribution in [-0.2, 0) is 37.2 Å². The highest BCUT2D eigenvalue weighted by atomic mass is 16.5. The second-order valence-corrected chi connectivity index (χ2v) is 7.84. The first-order valence-electron chi connectivity index (χ1n) is 10.3. The fraction of sp³-hybridized carbons (Fsp3) is 0.600. The summed E-state index contributed by atoms with van der Waals surface area (Å²) in [6.07, 6.45) is 3.97. The molecular formula is C20H26N6O2. The van der Waals surface area contributed by atoms with Crippen molar-refractivity contribution in [2.45, 2.75) is 38.8 Å². The maximum Gasteiger partial charge on any atom is 0.267 e. The van der Waals surface area contributed by atoms with E-state index in [2.05, 4.69) is 31.2 Å². The lowest BCUT2D eigenvalue weighted by molar-refractivity contribution is 0.108. The molecule has 5 rings (SSSR count). The third kappa shape index (κ3) is 3.54. The third-order valence-corrected chi connectivity index (χ3v) is 6.04.